The molecule has 3 unspecified atom stereocenters. The molecule has 15 heavy (non-hydrogen) atoms. The molecule has 3 atom stereocenters. The standard InChI is InChI=1S/C14H21N/c1-3-11(2)13-9-10-14(15-13)12-7-5-4-6-8-12/h4-8,11,13-15H,3,9-10H2,1-2H3. The predicted octanol–water partition coefficient (Wildman–Crippen LogP) is 3.53. The molecule has 0 spiro atoms. The number of benzene rings is 1. The van der Waals surface area contributed by atoms with E-state index in [1.54, 1.807) is 0 Å². The van der Waals surface area contributed by atoms with Gasteiger partial charge in [-0.3, -0.25) is 0 Å². The highest BCUT2D eigenvalue weighted by atomic mass is 15.0. The molecule has 0 radical (unpaired) electrons. The molecule has 1 aromatic rings. The molecule has 2 rings (SSSR count). The molecule has 1 N–H and O–H groups in total. The Morgan fingerprint density at radius 3 is 2.67 bits per heavy atom. The number of rotatable bonds is 3. The average molecular weight is 203 g/mol. The van der Waals surface area contributed by atoms with Crippen LogP contribution >= 0.6 is 0 Å². The minimum absolute atomic E-state index is 0.588. The van der Waals surface area contributed by atoms with Gasteiger partial charge in [0.2, 0.25) is 0 Å². The van der Waals surface area contributed by atoms with Gasteiger partial charge in [-0.2, -0.15) is 0 Å². The van der Waals surface area contributed by atoms with Crippen LogP contribution < -0.4 is 5.32 Å². The summed E-state index contributed by atoms with van der Waals surface area (Å²) in [5, 5.41) is 3.76. The summed E-state index contributed by atoms with van der Waals surface area (Å²) in [7, 11) is 0. The van der Waals surface area contributed by atoms with Crippen LogP contribution in [0.1, 0.15) is 44.7 Å². The van der Waals surface area contributed by atoms with Crippen molar-refractivity contribution < 1.29 is 0 Å². The number of hydrogen-bond acceptors (Lipinski definition) is 1. The molecule has 0 bridgehead atoms. The van der Waals surface area contributed by atoms with Gasteiger partial charge in [0.05, 0.1) is 0 Å². The summed E-state index contributed by atoms with van der Waals surface area (Å²) >= 11 is 0. The van der Waals surface area contributed by atoms with Gasteiger partial charge in [0.1, 0.15) is 0 Å². The highest BCUT2D eigenvalue weighted by Gasteiger charge is 2.27. The van der Waals surface area contributed by atoms with E-state index >= 15 is 0 Å². The van der Waals surface area contributed by atoms with Gasteiger partial charge in [-0.1, -0.05) is 50.6 Å². The summed E-state index contributed by atoms with van der Waals surface area (Å²) in [4.78, 5) is 0. The summed E-state index contributed by atoms with van der Waals surface area (Å²) in [5.41, 5.74) is 1.45. The van der Waals surface area contributed by atoms with Gasteiger partial charge < -0.3 is 5.32 Å². The summed E-state index contributed by atoms with van der Waals surface area (Å²) in [6.07, 6.45) is 3.90. The monoisotopic (exact) mass is 203 g/mol. The van der Waals surface area contributed by atoms with Crippen LogP contribution in [0.15, 0.2) is 30.3 Å². The van der Waals surface area contributed by atoms with Crippen LogP contribution in [0.2, 0.25) is 0 Å². The Labute approximate surface area is 92.9 Å². The van der Waals surface area contributed by atoms with Crippen LogP contribution in [-0.4, -0.2) is 6.04 Å². The van der Waals surface area contributed by atoms with Crippen molar-refractivity contribution in [2.24, 2.45) is 5.92 Å². The van der Waals surface area contributed by atoms with Crippen LogP contribution in [0.25, 0.3) is 0 Å². The minimum atomic E-state index is 0.588. The quantitative estimate of drug-likeness (QED) is 0.792. The molecule has 1 heteroatoms. The highest BCUT2D eigenvalue weighted by Crippen LogP contribution is 2.30. The van der Waals surface area contributed by atoms with Crippen molar-refractivity contribution in [3.8, 4) is 0 Å². The van der Waals surface area contributed by atoms with Gasteiger partial charge in [0.25, 0.3) is 0 Å². The Hall–Kier alpha value is -0.820. The van der Waals surface area contributed by atoms with E-state index < -0.39 is 0 Å². The van der Waals surface area contributed by atoms with E-state index in [4.69, 9.17) is 0 Å². The SMILES string of the molecule is CCC(C)C1CCC(c2ccccc2)N1. The Bertz CT molecular complexity index is 293. The predicted molar refractivity (Wildman–Crippen MR) is 64.8 cm³/mol. The van der Waals surface area contributed by atoms with E-state index in [9.17, 15) is 0 Å². The van der Waals surface area contributed by atoms with E-state index in [0.717, 1.165) is 12.0 Å². The second-order valence-corrected chi connectivity index (χ2v) is 4.70. The van der Waals surface area contributed by atoms with E-state index in [2.05, 4.69) is 49.5 Å². The third-order valence-corrected chi connectivity index (χ3v) is 3.71. The molecule has 0 saturated carbocycles. The fourth-order valence-electron chi connectivity index (χ4n) is 2.45. The third kappa shape index (κ3) is 2.40. The molecule has 1 nitrogen and oxygen atoms in total. The highest BCUT2D eigenvalue weighted by molar-refractivity contribution is 5.20. The first-order valence-electron chi connectivity index (χ1n) is 6.12. The van der Waals surface area contributed by atoms with Crippen molar-refractivity contribution in [3.05, 3.63) is 35.9 Å². The summed E-state index contributed by atoms with van der Waals surface area (Å²) < 4.78 is 0. The van der Waals surface area contributed by atoms with Crippen molar-refractivity contribution in [2.45, 2.75) is 45.2 Å². The maximum atomic E-state index is 3.76. The molecule has 1 aromatic carbocycles. The van der Waals surface area contributed by atoms with Crippen molar-refractivity contribution in [1.29, 1.82) is 0 Å². The van der Waals surface area contributed by atoms with Crippen molar-refractivity contribution >= 4 is 0 Å². The van der Waals surface area contributed by atoms with Crippen LogP contribution in [-0.2, 0) is 0 Å². The normalized spacial score (nSPS) is 27.9. The summed E-state index contributed by atoms with van der Waals surface area (Å²) in [6.45, 7) is 4.63. The Kier molecular flexibility index (Phi) is 3.42. The lowest BCUT2D eigenvalue weighted by atomic mass is 9.98. The topological polar surface area (TPSA) is 12.0 Å². The zero-order chi connectivity index (χ0) is 10.7. The molecule has 1 heterocycles. The van der Waals surface area contributed by atoms with Gasteiger partial charge in [-0.05, 0) is 24.3 Å². The molecule has 0 aromatic heterocycles. The summed E-state index contributed by atoms with van der Waals surface area (Å²) in [5.74, 6) is 0.804. The van der Waals surface area contributed by atoms with Crippen LogP contribution in [0, 0.1) is 5.92 Å². The fourth-order valence-corrected chi connectivity index (χ4v) is 2.45. The summed E-state index contributed by atoms with van der Waals surface area (Å²) in [6, 6.07) is 12.1. The maximum Gasteiger partial charge on any atom is 0.0323 e. The van der Waals surface area contributed by atoms with Gasteiger partial charge in [-0.15, -0.1) is 0 Å². The van der Waals surface area contributed by atoms with Crippen LogP contribution in [0.5, 0.6) is 0 Å². The molecule has 1 saturated heterocycles. The molecule has 0 aliphatic carbocycles. The Balaban J connectivity index is 1.99. The fraction of sp³-hybridized carbons (Fsp3) is 0.571. The first-order chi connectivity index (χ1) is 7.31. The van der Waals surface area contributed by atoms with Crippen molar-refractivity contribution in [1.82, 2.24) is 5.32 Å². The average Bonchev–Trinajstić information content (AvgIpc) is 2.78. The number of nitrogens with one attached hydrogen (secondary N) is 1. The van der Waals surface area contributed by atoms with Gasteiger partial charge >= 0.3 is 0 Å². The van der Waals surface area contributed by atoms with Crippen molar-refractivity contribution in [2.75, 3.05) is 0 Å². The molecule has 1 aliphatic heterocycles. The first-order valence-corrected chi connectivity index (χ1v) is 6.12. The second kappa shape index (κ2) is 4.80. The number of hydrogen-bond donors (Lipinski definition) is 1. The third-order valence-electron chi connectivity index (χ3n) is 3.71. The maximum absolute atomic E-state index is 3.76. The lowest BCUT2D eigenvalue weighted by Crippen LogP contribution is -2.29. The van der Waals surface area contributed by atoms with Crippen LogP contribution in [0.4, 0.5) is 0 Å². The molecule has 1 fully saturated rings. The van der Waals surface area contributed by atoms with Crippen LogP contribution in [0.3, 0.4) is 0 Å². The largest absolute Gasteiger partial charge is 0.307 e. The van der Waals surface area contributed by atoms with Crippen molar-refractivity contribution in [3.63, 3.8) is 0 Å². The van der Waals surface area contributed by atoms with Gasteiger partial charge in [-0.25, -0.2) is 0 Å². The molecule has 82 valence electrons. The van der Waals surface area contributed by atoms with Gasteiger partial charge in [0.15, 0.2) is 0 Å². The zero-order valence-electron chi connectivity index (χ0n) is 9.74. The molecular formula is C14H21N. The lowest BCUT2D eigenvalue weighted by Gasteiger charge is -2.19. The van der Waals surface area contributed by atoms with Gasteiger partial charge in [0, 0.05) is 12.1 Å². The minimum Gasteiger partial charge on any atom is -0.307 e. The van der Waals surface area contributed by atoms with E-state index in [-0.39, 0.29) is 0 Å². The Morgan fingerprint density at radius 2 is 2.00 bits per heavy atom. The smallest absolute Gasteiger partial charge is 0.0323 e. The molecular weight excluding hydrogens is 182 g/mol. The zero-order valence-corrected chi connectivity index (χ0v) is 9.74. The molecule has 1 aliphatic rings. The van der Waals surface area contributed by atoms with E-state index in [1.807, 2.05) is 0 Å². The first kappa shape index (κ1) is 10.7. The lowest BCUT2D eigenvalue weighted by molar-refractivity contribution is 0.394. The second-order valence-electron chi connectivity index (χ2n) is 4.70. The van der Waals surface area contributed by atoms with E-state index in [1.165, 1.54) is 24.8 Å². The van der Waals surface area contributed by atoms with E-state index in [0.29, 0.717) is 6.04 Å². The molecule has 0 amide bonds. The Morgan fingerprint density at radius 1 is 1.27 bits per heavy atom.